The van der Waals surface area contributed by atoms with Crippen molar-refractivity contribution in [2.75, 3.05) is 21.3 Å². The van der Waals surface area contributed by atoms with Crippen molar-refractivity contribution in [3.63, 3.8) is 0 Å². The van der Waals surface area contributed by atoms with Gasteiger partial charge in [0.05, 0.1) is 26.9 Å². The Kier molecular flexibility index (Phi) is 7.11. The Labute approximate surface area is 202 Å². The van der Waals surface area contributed by atoms with Gasteiger partial charge in [-0.25, -0.2) is 14.6 Å². The molecule has 4 rings (SSSR count). The normalized spacial score (nSPS) is 13.7. The van der Waals surface area contributed by atoms with Gasteiger partial charge in [0.15, 0.2) is 17.2 Å². The second kappa shape index (κ2) is 10.6. The van der Waals surface area contributed by atoms with Crippen molar-refractivity contribution in [1.82, 2.24) is 0 Å². The Balaban J connectivity index is 1.48. The maximum absolute atomic E-state index is 12.3. The molecular weight excluding hydrogens is 450 g/mol. The highest BCUT2D eigenvalue weighted by atomic mass is 16.6. The van der Waals surface area contributed by atoms with Crippen LogP contribution in [-0.4, -0.2) is 39.2 Å². The lowest BCUT2D eigenvalue weighted by molar-refractivity contribution is -0.129. The summed E-state index contributed by atoms with van der Waals surface area (Å²) in [5.41, 5.74) is 2.89. The van der Waals surface area contributed by atoms with Gasteiger partial charge in [0, 0.05) is 5.56 Å². The Morgan fingerprint density at radius 2 is 1.66 bits per heavy atom. The zero-order valence-electron chi connectivity index (χ0n) is 19.4. The van der Waals surface area contributed by atoms with Gasteiger partial charge in [-0.05, 0) is 65.7 Å². The molecule has 0 spiro atoms. The summed E-state index contributed by atoms with van der Waals surface area (Å²) < 4.78 is 26.5. The Morgan fingerprint density at radius 3 is 2.31 bits per heavy atom. The van der Waals surface area contributed by atoms with E-state index in [0.717, 1.165) is 5.56 Å². The fraction of sp³-hybridized carbons (Fsp3) is 0.148. The summed E-state index contributed by atoms with van der Waals surface area (Å²) in [5.74, 6) is 1.02. The van der Waals surface area contributed by atoms with Crippen molar-refractivity contribution in [3.8, 4) is 17.2 Å². The fourth-order valence-corrected chi connectivity index (χ4v) is 3.33. The summed E-state index contributed by atoms with van der Waals surface area (Å²) in [4.78, 5) is 28.2. The van der Waals surface area contributed by atoms with Gasteiger partial charge in [0.2, 0.25) is 5.90 Å². The van der Waals surface area contributed by atoms with Crippen LogP contribution in [0.2, 0.25) is 0 Å². The summed E-state index contributed by atoms with van der Waals surface area (Å²) in [6.45, 7) is 0.278. The van der Waals surface area contributed by atoms with Crippen LogP contribution in [0, 0.1) is 0 Å². The number of aliphatic imine (C=N–C) groups is 1. The van der Waals surface area contributed by atoms with E-state index in [-0.39, 0.29) is 18.2 Å². The number of benzene rings is 3. The first kappa shape index (κ1) is 23.6. The van der Waals surface area contributed by atoms with Gasteiger partial charge in [-0.3, -0.25) is 0 Å². The third kappa shape index (κ3) is 5.50. The number of methoxy groups -OCH3 is 3. The Hall–Kier alpha value is -4.59. The van der Waals surface area contributed by atoms with Crippen molar-refractivity contribution in [3.05, 3.63) is 94.7 Å². The number of hydrogen-bond acceptors (Lipinski definition) is 8. The maximum Gasteiger partial charge on any atom is 0.363 e. The molecule has 1 aliphatic rings. The smallest absolute Gasteiger partial charge is 0.363 e. The molecule has 1 heterocycles. The Bertz CT molecular complexity index is 1290. The van der Waals surface area contributed by atoms with Crippen LogP contribution in [0.3, 0.4) is 0 Å². The molecule has 0 bridgehead atoms. The number of carbonyl (C=O) groups is 2. The highest BCUT2D eigenvalue weighted by molar-refractivity contribution is 6.12. The third-order valence-electron chi connectivity index (χ3n) is 5.22. The molecule has 0 amide bonds. The molecule has 1 aliphatic heterocycles. The molecule has 0 unspecified atom stereocenters. The van der Waals surface area contributed by atoms with Crippen molar-refractivity contribution in [1.29, 1.82) is 0 Å². The molecule has 0 aliphatic carbocycles. The molecule has 0 saturated heterocycles. The fourth-order valence-electron chi connectivity index (χ4n) is 3.33. The van der Waals surface area contributed by atoms with Gasteiger partial charge in [0.25, 0.3) is 0 Å². The molecular formula is C27H23NO7. The summed E-state index contributed by atoms with van der Waals surface area (Å²) >= 11 is 0. The van der Waals surface area contributed by atoms with Gasteiger partial charge >= 0.3 is 11.9 Å². The van der Waals surface area contributed by atoms with E-state index in [9.17, 15) is 9.59 Å². The Morgan fingerprint density at radius 1 is 0.914 bits per heavy atom. The number of ether oxygens (including phenoxy) is 5. The van der Waals surface area contributed by atoms with Crippen LogP contribution in [-0.2, 0) is 20.9 Å². The molecule has 8 heteroatoms. The minimum Gasteiger partial charge on any atom is -0.497 e. The maximum atomic E-state index is 12.3. The third-order valence-corrected chi connectivity index (χ3v) is 5.22. The second-order valence-electron chi connectivity index (χ2n) is 7.45. The highest BCUT2D eigenvalue weighted by Gasteiger charge is 2.24. The van der Waals surface area contributed by atoms with Crippen LogP contribution < -0.4 is 14.2 Å². The van der Waals surface area contributed by atoms with Gasteiger partial charge < -0.3 is 23.7 Å². The summed E-state index contributed by atoms with van der Waals surface area (Å²) in [6, 6.07) is 19.3. The zero-order chi connectivity index (χ0) is 24.8. The van der Waals surface area contributed by atoms with Gasteiger partial charge in [-0.1, -0.05) is 18.2 Å². The molecule has 0 aromatic heterocycles. The molecule has 0 atom stereocenters. The van der Waals surface area contributed by atoms with Crippen molar-refractivity contribution < 1.29 is 33.3 Å². The largest absolute Gasteiger partial charge is 0.497 e. The monoisotopic (exact) mass is 473 g/mol. The zero-order valence-corrected chi connectivity index (χ0v) is 19.4. The lowest BCUT2D eigenvalue weighted by Gasteiger charge is -2.12. The average Bonchev–Trinajstić information content (AvgIpc) is 3.27. The predicted octanol–water partition coefficient (Wildman–Crippen LogP) is 4.41. The van der Waals surface area contributed by atoms with E-state index < -0.39 is 11.9 Å². The summed E-state index contributed by atoms with van der Waals surface area (Å²) in [5, 5.41) is 0. The second-order valence-corrected chi connectivity index (χ2v) is 7.45. The molecule has 0 radical (unpaired) electrons. The van der Waals surface area contributed by atoms with Crippen LogP contribution in [0.5, 0.6) is 17.2 Å². The van der Waals surface area contributed by atoms with Crippen molar-refractivity contribution >= 4 is 23.9 Å². The summed E-state index contributed by atoms with van der Waals surface area (Å²) in [7, 11) is 4.46. The molecule has 3 aromatic carbocycles. The summed E-state index contributed by atoms with van der Waals surface area (Å²) in [6.07, 6.45) is 1.62. The van der Waals surface area contributed by atoms with Gasteiger partial charge in [-0.2, -0.15) is 0 Å². The van der Waals surface area contributed by atoms with Gasteiger partial charge in [-0.15, -0.1) is 0 Å². The first-order valence-corrected chi connectivity index (χ1v) is 10.7. The van der Waals surface area contributed by atoms with E-state index in [1.165, 1.54) is 14.2 Å². The van der Waals surface area contributed by atoms with Gasteiger partial charge in [0.1, 0.15) is 12.4 Å². The predicted molar refractivity (Wildman–Crippen MR) is 129 cm³/mol. The van der Waals surface area contributed by atoms with E-state index >= 15 is 0 Å². The topological polar surface area (TPSA) is 92.7 Å². The minimum absolute atomic E-state index is 0.178. The lowest BCUT2D eigenvalue weighted by Crippen LogP contribution is -2.05. The number of carbonyl (C=O) groups excluding carboxylic acids is 2. The van der Waals surface area contributed by atoms with Crippen LogP contribution in [0.25, 0.3) is 6.08 Å². The molecule has 8 nitrogen and oxygen atoms in total. The first-order chi connectivity index (χ1) is 17.0. The number of nitrogens with zero attached hydrogens (tertiary/aromatic N) is 1. The van der Waals surface area contributed by atoms with E-state index in [2.05, 4.69) is 4.99 Å². The minimum atomic E-state index is -0.537. The molecule has 35 heavy (non-hydrogen) atoms. The standard InChI is InChI=1S/C27H23NO7/c1-31-21-11-9-19(10-12-21)25-28-22(27(30)35-25)14-18-6-13-23(24(15-18)32-2)34-16-17-4-7-20(8-5-17)26(29)33-3/h4-15H,16H2,1-3H3. The number of esters is 2. The van der Waals surface area contributed by atoms with Crippen LogP contribution >= 0.6 is 0 Å². The van der Waals surface area contributed by atoms with E-state index in [1.807, 2.05) is 0 Å². The number of cyclic esters (lactones) is 1. The van der Waals surface area contributed by atoms with E-state index in [4.69, 9.17) is 23.7 Å². The molecule has 0 fully saturated rings. The number of rotatable bonds is 8. The quantitative estimate of drug-likeness (QED) is 0.353. The lowest BCUT2D eigenvalue weighted by atomic mass is 10.1. The van der Waals surface area contributed by atoms with E-state index in [1.54, 1.807) is 79.9 Å². The molecule has 178 valence electrons. The number of hydrogen-bond donors (Lipinski definition) is 0. The van der Waals surface area contributed by atoms with Crippen molar-refractivity contribution in [2.24, 2.45) is 4.99 Å². The average molecular weight is 473 g/mol. The van der Waals surface area contributed by atoms with Crippen molar-refractivity contribution in [2.45, 2.75) is 6.61 Å². The molecule has 0 saturated carbocycles. The van der Waals surface area contributed by atoms with E-state index in [0.29, 0.717) is 33.9 Å². The van der Waals surface area contributed by atoms with Crippen LogP contribution in [0.1, 0.15) is 27.0 Å². The van der Waals surface area contributed by atoms with Crippen LogP contribution in [0.4, 0.5) is 0 Å². The molecule has 3 aromatic rings. The van der Waals surface area contributed by atoms with Crippen LogP contribution in [0.15, 0.2) is 77.4 Å². The first-order valence-electron chi connectivity index (χ1n) is 10.7. The highest BCUT2D eigenvalue weighted by Crippen LogP contribution is 2.30. The SMILES string of the molecule is COC(=O)c1ccc(COc2ccc(C=C3N=C(c4ccc(OC)cc4)OC3=O)cc2OC)cc1. The molecule has 0 N–H and O–H groups in total.